The summed E-state index contributed by atoms with van der Waals surface area (Å²) < 4.78 is 2.18. The Balaban J connectivity index is 1.80. The van der Waals surface area contributed by atoms with E-state index in [9.17, 15) is 0 Å². The average molecular weight is 378 g/mol. The molecular formula is C18H20ClN3S2. The summed E-state index contributed by atoms with van der Waals surface area (Å²) >= 11 is 9.73. The second kappa shape index (κ2) is 8.19. The molecule has 126 valence electrons. The second-order valence-corrected chi connectivity index (χ2v) is 7.83. The molecule has 0 atom stereocenters. The molecule has 0 unspecified atom stereocenters. The van der Waals surface area contributed by atoms with Gasteiger partial charge in [0, 0.05) is 33.1 Å². The predicted molar refractivity (Wildman–Crippen MR) is 104 cm³/mol. The van der Waals surface area contributed by atoms with Crippen LogP contribution in [-0.2, 0) is 18.7 Å². The summed E-state index contributed by atoms with van der Waals surface area (Å²) in [7, 11) is 0. The molecule has 1 aromatic carbocycles. The normalized spacial score (nSPS) is 11.1. The number of halogens is 1. The van der Waals surface area contributed by atoms with Crippen molar-refractivity contribution >= 4 is 34.7 Å². The number of hydrogen-bond donors (Lipinski definition) is 0. The Morgan fingerprint density at radius 3 is 2.79 bits per heavy atom. The van der Waals surface area contributed by atoms with E-state index in [2.05, 4.69) is 46.1 Å². The molecular weight excluding hydrogens is 358 g/mol. The highest BCUT2D eigenvalue weighted by molar-refractivity contribution is 7.98. The molecule has 3 rings (SSSR count). The van der Waals surface area contributed by atoms with Gasteiger partial charge in [0.05, 0.1) is 0 Å². The van der Waals surface area contributed by atoms with Gasteiger partial charge in [-0.05, 0) is 31.0 Å². The van der Waals surface area contributed by atoms with Crippen LogP contribution in [0.2, 0.25) is 5.02 Å². The number of thiophene rings is 1. The van der Waals surface area contributed by atoms with Crippen molar-refractivity contribution in [3.05, 3.63) is 51.2 Å². The molecule has 0 amide bonds. The highest BCUT2D eigenvalue weighted by atomic mass is 35.5. The minimum absolute atomic E-state index is 0.794. The lowest BCUT2D eigenvalue weighted by Crippen LogP contribution is -1.99. The molecule has 0 N–H and O–H groups in total. The van der Waals surface area contributed by atoms with Gasteiger partial charge in [0.15, 0.2) is 11.0 Å². The van der Waals surface area contributed by atoms with Crippen molar-refractivity contribution in [2.75, 3.05) is 0 Å². The lowest BCUT2D eigenvalue weighted by Gasteiger charge is -2.07. The molecule has 0 spiro atoms. The largest absolute Gasteiger partial charge is 0.302 e. The molecule has 3 aromatic rings. The molecule has 0 saturated carbocycles. The first-order chi connectivity index (χ1) is 11.7. The number of aromatic nitrogens is 3. The van der Waals surface area contributed by atoms with E-state index in [1.807, 2.05) is 18.2 Å². The topological polar surface area (TPSA) is 30.7 Å². The fourth-order valence-corrected chi connectivity index (χ4v) is 4.78. The van der Waals surface area contributed by atoms with Crippen LogP contribution in [0.4, 0.5) is 0 Å². The average Bonchev–Trinajstić information content (AvgIpc) is 3.20. The Bertz CT molecular complexity index is 810. The first kappa shape index (κ1) is 17.5. The van der Waals surface area contributed by atoms with Gasteiger partial charge < -0.3 is 4.57 Å². The summed E-state index contributed by atoms with van der Waals surface area (Å²) in [5.74, 6) is 1.75. The number of hydrogen-bond acceptors (Lipinski definition) is 4. The van der Waals surface area contributed by atoms with Crippen molar-refractivity contribution in [2.45, 2.75) is 44.1 Å². The Morgan fingerprint density at radius 2 is 2.04 bits per heavy atom. The predicted octanol–water partition coefficient (Wildman–Crippen LogP) is 5.92. The van der Waals surface area contributed by atoms with Gasteiger partial charge in [0.25, 0.3) is 0 Å². The van der Waals surface area contributed by atoms with Crippen LogP contribution in [0.25, 0.3) is 11.4 Å². The SMILES string of the molecule is CCCc1cc(-c2nnc(SCc3ccccc3Cl)n2CC)cs1. The van der Waals surface area contributed by atoms with Crippen LogP contribution in [0.1, 0.15) is 30.7 Å². The Labute approximate surface area is 156 Å². The molecule has 2 heterocycles. The second-order valence-electron chi connectivity index (χ2n) is 5.48. The first-order valence-electron chi connectivity index (χ1n) is 8.10. The van der Waals surface area contributed by atoms with Gasteiger partial charge in [0.2, 0.25) is 0 Å². The van der Waals surface area contributed by atoms with E-state index in [1.54, 1.807) is 23.1 Å². The van der Waals surface area contributed by atoms with E-state index in [4.69, 9.17) is 11.6 Å². The Hall–Kier alpha value is -1.30. The van der Waals surface area contributed by atoms with Crippen LogP contribution in [0, 0.1) is 0 Å². The van der Waals surface area contributed by atoms with E-state index < -0.39 is 0 Å². The summed E-state index contributed by atoms with van der Waals surface area (Å²) in [6.45, 7) is 5.19. The third-order valence-corrected chi connectivity index (χ3v) is 6.14. The molecule has 0 aliphatic heterocycles. The van der Waals surface area contributed by atoms with Crippen LogP contribution in [0.15, 0.2) is 40.9 Å². The maximum atomic E-state index is 6.24. The maximum Gasteiger partial charge on any atom is 0.191 e. The lowest BCUT2D eigenvalue weighted by atomic mass is 10.2. The van der Waals surface area contributed by atoms with E-state index in [-0.39, 0.29) is 0 Å². The minimum Gasteiger partial charge on any atom is -0.302 e. The lowest BCUT2D eigenvalue weighted by molar-refractivity contribution is 0.687. The van der Waals surface area contributed by atoms with Crippen LogP contribution in [0.5, 0.6) is 0 Å². The highest BCUT2D eigenvalue weighted by Crippen LogP contribution is 2.30. The summed E-state index contributed by atoms with van der Waals surface area (Å²) in [6.07, 6.45) is 2.29. The van der Waals surface area contributed by atoms with Crippen LogP contribution < -0.4 is 0 Å². The summed E-state index contributed by atoms with van der Waals surface area (Å²) in [4.78, 5) is 1.41. The number of benzene rings is 1. The van der Waals surface area contributed by atoms with E-state index in [0.717, 1.165) is 40.3 Å². The fourth-order valence-electron chi connectivity index (χ4n) is 2.53. The van der Waals surface area contributed by atoms with Crippen LogP contribution >= 0.6 is 34.7 Å². The summed E-state index contributed by atoms with van der Waals surface area (Å²) in [5, 5.41) is 12.8. The molecule has 0 aliphatic rings. The van der Waals surface area contributed by atoms with Gasteiger partial charge in [-0.3, -0.25) is 0 Å². The van der Waals surface area contributed by atoms with Gasteiger partial charge >= 0.3 is 0 Å². The van der Waals surface area contributed by atoms with Gasteiger partial charge in [-0.15, -0.1) is 21.5 Å². The standard InChI is InChI=1S/C18H20ClN3S2/c1-3-7-15-10-14(12-23-15)17-20-21-18(22(17)4-2)24-11-13-8-5-6-9-16(13)19/h5-6,8-10,12H,3-4,7,11H2,1-2H3. The Kier molecular flexibility index (Phi) is 5.98. The van der Waals surface area contributed by atoms with E-state index in [1.165, 1.54) is 16.9 Å². The van der Waals surface area contributed by atoms with Crippen LogP contribution in [-0.4, -0.2) is 14.8 Å². The number of nitrogens with zero attached hydrogens (tertiary/aromatic N) is 3. The zero-order chi connectivity index (χ0) is 16.9. The van der Waals surface area contributed by atoms with Crippen molar-refractivity contribution in [1.82, 2.24) is 14.8 Å². The zero-order valence-electron chi connectivity index (χ0n) is 13.8. The minimum atomic E-state index is 0.794. The number of thioether (sulfide) groups is 1. The van der Waals surface area contributed by atoms with E-state index >= 15 is 0 Å². The molecule has 6 heteroatoms. The quantitative estimate of drug-likeness (QED) is 0.478. The molecule has 0 saturated heterocycles. The van der Waals surface area contributed by atoms with Crippen molar-refractivity contribution in [1.29, 1.82) is 0 Å². The molecule has 0 fully saturated rings. The molecule has 2 aromatic heterocycles. The monoisotopic (exact) mass is 377 g/mol. The zero-order valence-corrected chi connectivity index (χ0v) is 16.2. The van der Waals surface area contributed by atoms with Gasteiger partial charge in [0.1, 0.15) is 0 Å². The molecule has 0 radical (unpaired) electrons. The molecule has 0 aliphatic carbocycles. The highest BCUT2D eigenvalue weighted by Gasteiger charge is 2.15. The number of aryl methyl sites for hydroxylation is 1. The van der Waals surface area contributed by atoms with Crippen molar-refractivity contribution < 1.29 is 0 Å². The van der Waals surface area contributed by atoms with Crippen molar-refractivity contribution in [3.8, 4) is 11.4 Å². The van der Waals surface area contributed by atoms with Crippen LogP contribution in [0.3, 0.4) is 0 Å². The van der Waals surface area contributed by atoms with Gasteiger partial charge in [-0.25, -0.2) is 0 Å². The summed E-state index contributed by atoms with van der Waals surface area (Å²) in [5.41, 5.74) is 2.29. The smallest absolute Gasteiger partial charge is 0.191 e. The maximum absolute atomic E-state index is 6.24. The molecule has 3 nitrogen and oxygen atoms in total. The van der Waals surface area contributed by atoms with E-state index in [0.29, 0.717) is 0 Å². The third-order valence-electron chi connectivity index (χ3n) is 3.76. The van der Waals surface area contributed by atoms with Crippen molar-refractivity contribution in [2.24, 2.45) is 0 Å². The first-order valence-corrected chi connectivity index (χ1v) is 10.3. The number of rotatable bonds is 7. The molecule has 0 bridgehead atoms. The Morgan fingerprint density at radius 1 is 1.21 bits per heavy atom. The summed E-state index contributed by atoms with van der Waals surface area (Å²) in [6, 6.07) is 10.2. The van der Waals surface area contributed by atoms with Crippen molar-refractivity contribution in [3.63, 3.8) is 0 Å². The fraction of sp³-hybridized carbons (Fsp3) is 0.333. The molecule has 24 heavy (non-hydrogen) atoms. The third kappa shape index (κ3) is 3.85. The van der Waals surface area contributed by atoms with Gasteiger partial charge in [-0.1, -0.05) is 54.9 Å². The van der Waals surface area contributed by atoms with Gasteiger partial charge in [-0.2, -0.15) is 0 Å².